The van der Waals surface area contributed by atoms with Crippen molar-refractivity contribution in [3.63, 3.8) is 0 Å². The maximum absolute atomic E-state index is 13.3. The van der Waals surface area contributed by atoms with Crippen molar-refractivity contribution >= 4 is 29.3 Å². The van der Waals surface area contributed by atoms with E-state index in [0.717, 1.165) is 37.3 Å². The maximum Gasteiger partial charge on any atom is 0.246 e. The Labute approximate surface area is 237 Å². The molecule has 216 valence electrons. The van der Waals surface area contributed by atoms with Gasteiger partial charge in [0.25, 0.3) is 0 Å². The summed E-state index contributed by atoms with van der Waals surface area (Å²) in [5.41, 5.74) is 1.43. The van der Waals surface area contributed by atoms with E-state index in [2.05, 4.69) is 46.2 Å². The number of likely N-dealkylation sites (N-methyl/N-ethyl adjacent to an activating group) is 2. The van der Waals surface area contributed by atoms with E-state index in [4.69, 9.17) is 4.98 Å². The number of carbonyl (C=O) groups is 2. The molecular weight excluding hydrogens is 509 g/mol. The lowest BCUT2D eigenvalue weighted by molar-refractivity contribution is -0.131. The molecule has 0 saturated carbocycles. The number of carbonyl (C=O) groups excluding carboxylic acids is 2. The van der Waals surface area contributed by atoms with E-state index >= 15 is 0 Å². The lowest BCUT2D eigenvalue weighted by atomic mass is 10.2. The summed E-state index contributed by atoms with van der Waals surface area (Å²) in [7, 11) is 5.44. The van der Waals surface area contributed by atoms with Crippen molar-refractivity contribution in [2.75, 3.05) is 64.1 Å². The summed E-state index contributed by atoms with van der Waals surface area (Å²) in [6, 6.07) is 6.05. The molecule has 0 bridgehead atoms. The van der Waals surface area contributed by atoms with Gasteiger partial charge in [-0.05, 0) is 57.6 Å². The molecule has 1 heterocycles. The van der Waals surface area contributed by atoms with Crippen molar-refractivity contribution in [1.82, 2.24) is 25.1 Å². The van der Waals surface area contributed by atoms with Crippen LogP contribution in [0.3, 0.4) is 0 Å². The van der Waals surface area contributed by atoms with Crippen LogP contribution < -0.4 is 15.5 Å². The van der Waals surface area contributed by atoms with E-state index in [0.29, 0.717) is 37.6 Å². The highest BCUT2D eigenvalue weighted by Crippen LogP contribution is 2.21. The number of anilines is 3. The Bertz CT molecular complexity index is 1170. The molecule has 0 unspecified atom stereocenters. The van der Waals surface area contributed by atoms with Gasteiger partial charge in [0.05, 0.1) is 18.3 Å². The van der Waals surface area contributed by atoms with Crippen molar-refractivity contribution in [2.45, 2.75) is 39.5 Å². The van der Waals surface area contributed by atoms with Crippen molar-refractivity contribution in [2.24, 2.45) is 0 Å². The molecule has 9 nitrogen and oxygen atoms in total. The number of unbranched alkanes of at least 4 members (excludes halogenated alkanes) is 1. The predicted octanol–water partition coefficient (Wildman–Crippen LogP) is 3.81. The molecule has 0 saturated heterocycles. The SMILES string of the molecule is CCCN(CCC)c1nc(Nc2ccc(F)cc2)ncc1C#CCCCNC(=O)CN(C)C(=O)C=CCN(C)C. The predicted molar refractivity (Wildman–Crippen MR) is 159 cm³/mol. The Morgan fingerprint density at radius 3 is 2.42 bits per heavy atom. The van der Waals surface area contributed by atoms with Crippen LogP contribution in [0, 0.1) is 17.7 Å². The monoisotopic (exact) mass is 551 g/mol. The van der Waals surface area contributed by atoms with Crippen LogP contribution in [0.25, 0.3) is 0 Å². The van der Waals surface area contributed by atoms with Gasteiger partial charge >= 0.3 is 0 Å². The van der Waals surface area contributed by atoms with Gasteiger partial charge in [-0.15, -0.1) is 0 Å². The number of halogens is 1. The van der Waals surface area contributed by atoms with Crippen LogP contribution >= 0.6 is 0 Å². The molecule has 0 radical (unpaired) electrons. The molecule has 0 aliphatic heterocycles. The van der Waals surface area contributed by atoms with Gasteiger partial charge in [0, 0.05) is 51.4 Å². The van der Waals surface area contributed by atoms with Crippen LogP contribution in [0.2, 0.25) is 0 Å². The number of hydrogen-bond donors (Lipinski definition) is 2. The Balaban J connectivity index is 1.96. The third-order valence-electron chi connectivity index (χ3n) is 5.67. The van der Waals surface area contributed by atoms with Crippen molar-refractivity contribution < 1.29 is 14.0 Å². The maximum atomic E-state index is 13.3. The summed E-state index contributed by atoms with van der Waals surface area (Å²) in [4.78, 5) is 39.0. The molecule has 2 amide bonds. The summed E-state index contributed by atoms with van der Waals surface area (Å²) >= 11 is 0. The van der Waals surface area contributed by atoms with Crippen LogP contribution in [-0.2, 0) is 9.59 Å². The third kappa shape index (κ3) is 11.8. The van der Waals surface area contributed by atoms with Gasteiger partial charge in [-0.25, -0.2) is 9.37 Å². The Hall–Kier alpha value is -3.97. The molecule has 0 spiro atoms. The van der Waals surface area contributed by atoms with Gasteiger partial charge in [-0.3, -0.25) is 9.59 Å². The topological polar surface area (TPSA) is 93.7 Å². The van der Waals surface area contributed by atoms with E-state index in [9.17, 15) is 14.0 Å². The summed E-state index contributed by atoms with van der Waals surface area (Å²) in [6.45, 7) is 7.04. The van der Waals surface area contributed by atoms with Crippen molar-refractivity contribution in [1.29, 1.82) is 0 Å². The summed E-state index contributed by atoms with van der Waals surface area (Å²) in [6.07, 6.45) is 8.14. The van der Waals surface area contributed by atoms with Gasteiger partial charge < -0.3 is 25.3 Å². The van der Waals surface area contributed by atoms with E-state index in [-0.39, 0.29) is 24.2 Å². The number of amides is 2. The first kappa shape index (κ1) is 32.2. The fourth-order valence-corrected chi connectivity index (χ4v) is 3.69. The average molecular weight is 552 g/mol. The van der Waals surface area contributed by atoms with E-state index in [1.54, 1.807) is 31.5 Å². The zero-order chi connectivity index (χ0) is 29.3. The van der Waals surface area contributed by atoms with E-state index < -0.39 is 0 Å². The second kappa shape index (κ2) is 17.6. The molecule has 10 heteroatoms. The number of nitrogens with one attached hydrogen (secondary N) is 2. The van der Waals surface area contributed by atoms with E-state index in [1.807, 2.05) is 19.0 Å². The number of benzene rings is 1. The Morgan fingerprint density at radius 2 is 1.77 bits per heavy atom. The molecule has 1 aromatic carbocycles. The quantitative estimate of drug-likeness (QED) is 0.198. The number of aromatic nitrogens is 2. The lowest BCUT2D eigenvalue weighted by Crippen LogP contribution is -2.38. The molecule has 2 rings (SSSR count). The number of hydrogen-bond acceptors (Lipinski definition) is 7. The fraction of sp³-hybridized carbons (Fsp3) is 0.467. The van der Waals surface area contributed by atoms with Crippen LogP contribution in [0.15, 0.2) is 42.6 Å². The molecule has 0 fully saturated rings. The second-order valence-corrected chi connectivity index (χ2v) is 9.66. The first-order valence-electron chi connectivity index (χ1n) is 13.7. The standard InChI is InChI=1S/C30H42FN7O2/c1-6-19-38(20-7-2)29-24(22-33-30(35-29)34-26-16-14-25(31)15-17-26)12-9-8-10-18-32-27(39)23-37(5)28(40)13-11-21-36(3)4/h11,13-17,22H,6-8,10,18-21,23H2,1-5H3,(H,32,39)(H,33,34,35). The minimum Gasteiger partial charge on any atom is -0.355 e. The highest BCUT2D eigenvalue weighted by Gasteiger charge is 2.14. The van der Waals surface area contributed by atoms with Crippen LogP contribution in [0.5, 0.6) is 0 Å². The summed E-state index contributed by atoms with van der Waals surface area (Å²) in [5.74, 6) is 6.83. The Kier molecular flexibility index (Phi) is 14.2. The molecule has 0 atom stereocenters. The second-order valence-electron chi connectivity index (χ2n) is 9.66. The number of rotatable bonds is 15. The zero-order valence-electron chi connectivity index (χ0n) is 24.3. The highest BCUT2D eigenvalue weighted by molar-refractivity contribution is 5.91. The van der Waals surface area contributed by atoms with Crippen LogP contribution in [0.4, 0.5) is 21.8 Å². The van der Waals surface area contributed by atoms with Gasteiger partial charge in [-0.2, -0.15) is 4.98 Å². The molecule has 0 aliphatic rings. The molecule has 1 aromatic heterocycles. The van der Waals surface area contributed by atoms with Gasteiger partial charge in [0.2, 0.25) is 17.8 Å². The summed E-state index contributed by atoms with van der Waals surface area (Å²) in [5, 5.41) is 5.97. The van der Waals surface area contributed by atoms with Gasteiger partial charge in [0.15, 0.2) is 0 Å². The fourth-order valence-electron chi connectivity index (χ4n) is 3.69. The van der Waals surface area contributed by atoms with Crippen molar-refractivity contribution in [3.05, 3.63) is 54.0 Å². The molecular formula is C30H42FN7O2. The molecule has 2 aromatic rings. The smallest absolute Gasteiger partial charge is 0.246 e. The first-order chi connectivity index (χ1) is 19.2. The van der Waals surface area contributed by atoms with Gasteiger partial charge in [-0.1, -0.05) is 31.8 Å². The minimum atomic E-state index is -0.305. The van der Waals surface area contributed by atoms with Crippen LogP contribution in [-0.4, -0.2) is 85.4 Å². The average Bonchev–Trinajstić information content (AvgIpc) is 2.92. The Morgan fingerprint density at radius 1 is 1.07 bits per heavy atom. The number of nitrogens with zero attached hydrogens (tertiary/aromatic N) is 5. The molecule has 40 heavy (non-hydrogen) atoms. The highest BCUT2D eigenvalue weighted by atomic mass is 19.1. The third-order valence-corrected chi connectivity index (χ3v) is 5.67. The normalized spacial score (nSPS) is 10.8. The molecule has 2 N–H and O–H groups in total. The van der Waals surface area contributed by atoms with Crippen LogP contribution in [0.1, 0.15) is 45.1 Å². The van der Waals surface area contributed by atoms with Gasteiger partial charge in [0.1, 0.15) is 11.6 Å². The zero-order valence-corrected chi connectivity index (χ0v) is 24.3. The minimum absolute atomic E-state index is 0.000509. The largest absolute Gasteiger partial charge is 0.355 e. The van der Waals surface area contributed by atoms with E-state index in [1.165, 1.54) is 23.1 Å². The first-order valence-corrected chi connectivity index (χ1v) is 13.7. The lowest BCUT2D eigenvalue weighted by Gasteiger charge is -2.24. The molecule has 0 aliphatic carbocycles. The summed E-state index contributed by atoms with van der Waals surface area (Å²) < 4.78 is 13.3. The van der Waals surface area contributed by atoms with Crippen molar-refractivity contribution in [3.8, 4) is 11.8 Å².